The zero-order valence-corrected chi connectivity index (χ0v) is 50.0. The van der Waals surface area contributed by atoms with Gasteiger partial charge < -0.3 is 39.0 Å². The summed E-state index contributed by atoms with van der Waals surface area (Å²) in [7, 11) is 0. The topological polar surface area (TPSA) is 175 Å². The molecule has 6 unspecified atom stereocenters. The van der Waals surface area contributed by atoms with Crippen LogP contribution in [0.15, 0.2) is 146 Å². The molecule has 1 heterocycles. The molecule has 1 aliphatic rings. The van der Waals surface area contributed by atoms with Crippen LogP contribution in [0.1, 0.15) is 213 Å². The van der Waals surface area contributed by atoms with Crippen LogP contribution >= 0.6 is 0 Å². The second kappa shape index (κ2) is 55.2. The maximum Gasteiger partial charge on any atom is 0.335 e. The number of aliphatic hydroxyl groups is 2. The van der Waals surface area contributed by atoms with Gasteiger partial charge in [-0.1, -0.05) is 205 Å². The number of carbonyl (C=O) groups excluding carboxylic acids is 3. The number of aliphatic hydroxyl groups excluding tert-OH is 2. The number of carboxylic acids is 1. The smallest absolute Gasteiger partial charge is 0.335 e. The van der Waals surface area contributed by atoms with Gasteiger partial charge in [0.1, 0.15) is 18.8 Å². The first kappa shape index (κ1) is 73.6. The van der Waals surface area contributed by atoms with Crippen LogP contribution in [0, 0.1) is 0 Å². The molecule has 0 saturated carbocycles. The highest BCUT2D eigenvalue weighted by molar-refractivity contribution is 5.74. The molecule has 12 nitrogen and oxygen atoms in total. The number of rotatable bonds is 50. The number of aliphatic carboxylic acids is 1. The Labute approximate surface area is 489 Å². The summed E-state index contributed by atoms with van der Waals surface area (Å²) in [4.78, 5) is 51.2. The molecule has 0 aliphatic carbocycles. The molecule has 1 aliphatic heterocycles. The lowest BCUT2D eigenvalue weighted by Crippen LogP contribution is -2.61. The maximum atomic E-state index is 13.2. The molecule has 0 spiro atoms. The summed E-state index contributed by atoms with van der Waals surface area (Å²) < 4.78 is 28.3. The number of hydrogen-bond acceptors (Lipinski definition) is 11. The Balaban J connectivity index is 2.76. The Kier molecular flexibility index (Phi) is 50.1. The minimum atomic E-state index is -1.94. The van der Waals surface area contributed by atoms with Gasteiger partial charge in [-0.2, -0.15) is 0 Å². The molecule has 1 fully saturated rings. The van der Waals surface area contributed by atoms with Crippen molar-refractivity contribution in [2.45, 2.75) is 250 Å². The van der Waals surface area contributed by atoms with Crippen LogP contribution in [0.2, 0.25) is 0 Å². The fourth-order valence-corrected chi connectivity index (χ4v) is 8.22. The van der Waals surface area contributed by atoms with Crippen molar-refractivity contribution in [1.29, 1.82) is 0 Å². The molecule has 0 aromatic heterocycles. The Morgan fingerprint density at radius 3 is 1.25 bits per heavy atom. The van der Waals surface area contributed by atoms with Crippen molar-refractivity contribution >= 4 is 23.9 Å². The summed E-state index contributed by atoms with van der Waals surface area (Å²) in [5.74, 6) is -3.30. The third kappa shape index (κ3) is 44.9. The summed E-state index contributed by atoms with van der Waals surface area (Å²) in [6, 6.07) is 0. The highest BCUT2D eigenvalue weighted by Crippen LogP contribution is 2.26. The van der Waals surface area contributed by atoms with Gasteiger partial charge in [-0.15, -0.1) is 0 Å². The molecule has 0 amide bonds. The van der Waals surface area contributed by atoms with Crippen LogP contribution in [0.5, 0.6) is 0 Å². The molecule has 0 bridgehead atoms. The lowest BCUT2D eigenvalue weighted by molar-refractivity contribution is -0.301. The first-order chi connectivity index (χ1) is 39.6. The van der Waals surface area contributed by atoms with E-state index in [1.165, 1.54) is 25.7 Å². The fourth-order valence-electron chi connectivity index (χ4n) is 8.22. The molecule has 454 valence electrons. The van der Waals surface area contributed by atoms with Gasteiger partial charge in [-0.25, -0.2) is 4.79 Å². The number of allylic oxidation sites excluding steroid dienone is 24. The molecule has 81 heavy (non-hydrogen) atoms. The highest BCUT2D eigenvalue weighted by Gasteiger charge is 2.50. The van der Waals surface area contributed by atoms with E-state index in [-0.39, 0.29) is 25.9 Å². The van der Waals surface area contributed by atoms with Crippen molar-refractivity contribution < 1.29 is 58.2 Å². The first-order valence-corrected chi connectivity index (χ1v) is 30.8. The van der Waals surface area contributed by atoms with Crippen molar-refractivity contribution in [3.05, 3.63) is 146 Å². The van der Waals surface area contributed by atoms with E-state index in [4.69, 9.17) is 23.7 Å². The lowest BCUT2D eigenvalue weighted by atomic mass is 9.98. The zero-order chi connectivity index (χ0) is 58.9. The van der Waals surface area contributed by atoms with Gasteiger partial charge in [-0.3, -0.25) is 14.4 Å². The summed E-state index contributed by atoms with van der Waals surface area (Å²) >= 11 is 0. The molecular weight excluding hydrogens is 1020 g/mol. The minimum absolute atomic E-state index is 0.00836. The van der Waals surface area contributed by atoms with Gasteiger partial charge in [0.05, 0.1) is 6.61 Å². The number of esters is 3. The number of unbranched alkanes of at least 4 members (excludes halogenated alkanes) is 12. The van der Waals surface area contributed by atoms with Crippen molar-refractivity contribution in [2.75, 3.05) is 13.2 Å². The molecule has 0 aromatic rings. The predicted octanol–water partition coefficient (Wildman–Crippen LogP) is 16.3. The summed E-state index contributed by atoms with van der Waals surface area (Å²) in [5.41, 5.74) is 0. The Morgan fingerprint density at radius 1 is 0.420 bits per heavy atom. The number of hydrogen-bond donors (Lipinski definition) is 3. The third-order valence-corrected chi connectivity index (χ3v) is 12.9. The first-order valence-electron chi connectivity index (χ1n) is 30.8. The molecular formula is C69H106O12. The average molecular weight is 1130 g/mol. The van der Waals surface area contributed by atoms with E-state index < -0.39 is 67.3 Å². The lowest BCUT2D eigenvalue weighted by Gasteiger charge is -2.40. The SMILES string of the molecule is CC/C=C\C/C=C\C/C=C\C/C=C\C/C=C\CCCC(=O)OC(COC(=O)CCCCCCCC/C=C\C/C=C\C/C=C\CCCCC)COC1OC(C(=O)O)C(O)C(O)C1OC(=O)CCCC/C=C\C/C=C\C/C=C\C/C=C\CC. The average Bonchev–Trinajstić information content (AvgIpc) is 3.52. The number of carbonyl (C=O) groups is 4. The molecule has 1 saturated heterocycles. The van der Waals surface area contributed by atoms with Gasteiger partial charge >= 0.3 is 23.9 Å². The van der Waals surface area contributed by atoms with Crippen LogP contribution < -0.4 is 0 Å². The predicted molar refractivity (Wildman–Crippen MR) is 330 cm³/mol. The van der Waals surface area contributed by atoms with E-state index in [9.17, 15) is 34.5 Å². The fraction of sp³-hybridized carbons (Fsp3) is 0.594. The van der Waals surface area contributed by atoms with Crippen molar-refractivity contribution in [1.82, 2.24) is 0 Å². The summed E-state index contributed by atoms with van der Waals surface area (Å²) in [5, 5.41) is 31.5. The van der Waals surface area contributed by atoms with E-state index >= 15 is 0 Å². The normalized spacial score (nSPS) is 18.8. The minimum Gasteiger partial charge on any atom is -0.479 e. The van der Waals surface area contributed by atoms with E-state index in [1.807, 2.05) is 12.2 Å². The largest absolute Gasteiger partial charge is 0.479 e. The van der Waals surface area contributed by atoms with E-state index in [1.54, 1.807) is 0 Å². The van der Waals surface area contributed by atoms with E-state index in [0.717, 1.165) is 116 Å². The van der Waals surface area contributed by atoms with Gasteiger partial charge in [0.15, 0.2) is 24.6 Å². The van der Waals surface area contributed by atoms with Crippen LogP contribution in [0.4, 0.5) is 0 Å². The Hall–Kier alpha value is -5.40. The zero-order valence-electron chi connectivity index (χ0n) is 50.0. The van der Waals surface area contributed by atoms with Crippen LogP contribution in [-0.4, -0.2) is 89.2 Å². The van der Waals surface area contributed by atoms with Crippen LogP contribution in [0.3, 0.4) is 0 Å². The molecule has 0 aromatic carbocycles. The Bertz CT molecular complexity index is 1960. The van der Waals surface area contributed by atoms with Gasteiger partial charge in [-0.05, 0) is 135 Å². The molecule has 1 rings (SSSR count). The quantitative estimate of drug-likeness (QED) is 0.0228. The van der Waals surface area contributed by atoms with Crippen molar-refractivity contribution in [3.63, 3.8) is 0 Å². The van der Waals surface area contributed by atoms with Crippen molar-refractivity contribution in [3.8, 4) is 0 Å². The number of carboxylic acid groups (broad SMARTS) is 1. The monoisotopic (exact) mass is 1130 g/mol. The summed E-state index contributed by atoms with van der Waals surface area (Å²) in [6.45, 7) is 5.65. The Morgan fingerprint density at radius 2 is 0.790 bits per heavy atom. The van der Waals surface area contributed by atoms with Crippen LogP contribution in [-0.2, 0) is 42.9 Å². The van der Waals surface area contributed by atoms with E-state index in [2.05, 4.69) is 154 Å². The second-order valence-corrected chi connectivity index (χ2v) is 20.2. The van der Waals surface area contributed by atoms with Crippen LogP contribution in [0.25, 0.3) is 0 Å². The molecule has 6 atom stereocenters. The highest BCUT2D eigenvalue weighted by atomic mass is 16.7. The van der Waals surface area contributed by atoms with Gasteiger partial charge in [0.25, 0.3) is 0 Å². The standard InChI is InChI=1S/C69H106O12/c1-4-7-10-13-16-19-22-25-28-30-31-33-35-37-40-43-46-49-52-55-61(70)77-58-60(79-62(71)56-53-50-47-44-41-39-36-32-29-26-23-20-17-14-11-8-5-2)59-78-69-67(65(74)64(73)66(81-69)68(75)76)80-63(72)57-54-51-48-45-42-38-34-27-24-21-18-15-12-9-6-3/h8-9,11-12,16-21,25-29,31,33-34,36,39,42,44-45,47,60,64-67,69,73-74H,4-7,10,13-15,22-24,30,32,35,37-38,40-41,43,46,48-59H2,1-3H3,(H,75,76)/b11-8-,12-9-,19-16-,20-17-,21-18-,28-25-,29-26-,33-31-,34-27-,39-36-,45-42-,47-44-. The van der Waals surface area contributed by atoms with E-state index in [0.29, 0.717) is 32.1 Å². The summed E-state index contributed by atoms with van der Waals surface area (Å²) in [6.07, 6.45) is 66.7. The van der Waals surface area contributed by atoms with Gasteiger partial charge in [0.2, 0.25) is 0 Å². The molecule has 0 radical (unpaired) electrons. The molecule has 12 heteroatoms. The van der Waals surface area contributed by atoms with Crippen molar-refractivity contribution in [2.24, 2.45) is 0 Å². The van der Waals surface area contributed by atoms with Gasteiger partial charge in [0, 0.05) is 19.3 Å². The number of ether oxygens (including phenoxy) is 5. The maximum absolute atomic E-state index is 13.2. The third-order valence-electron chi connectivity index (χ3n) is 12.9. The molecule has 3 N–H and O–H groups in total. The second-order valence-electron chi connectivity index (χ2n) is 20.2.